The van der Waals surface area contributed by atoms with Crippen LogP contribution in [-0.2, 0) is 28.6 Å². The Morgan fingerprint density at radius 1 is 0.971 bits per heavy atom. The van der Waals surface area contributed by atoms with Crippen LogP contribution in [0.3, 0.4) is 0 Å². The third-order valence-electron chi connectivity index (χ3n) is 11.3. The second kappa shape index (κ2) is 6.04. The molecule has 0 N–H and O–H groups in total. The van der Waals surface area contributed by atoms with Gasteiger partial charge in [0.25, 0.3) is 0 Å². The van der Waals surface area contributed by atoms with Gasteiger partial charge in [0, 0.05) is 35.5 Å². The van der Waals surface area contributed by atoms with Gasteiger partial charge in [-0.15, -0.1) is 0 Å². The van der Waals surface area contributed by atoms with E-state index in [9.17, 15) is 14.4 Å². The Morgan fingerprint density at radius 2 is 1.76 bits per heavy atom. The quantitative estimate of drug-likeness (QED) is 0.459. The van der Waals surface area contributed by atoms with E-state index < -0.39 is 28.1 Å². The smallest absolute Gasteiger partial charge is 0.308 e. The molecule has 1 aromatic heterocycles. The van der Waals surface area contributed by atoms with Gasteiger partial charge in [0.05, 0.1) is 36.1 Å². The van der Waals surface area contributed by atoms with Crippen LogP contribution in [0.25, 0.3) is 0 Å². The molecule has 6 aliphatic rings. The van der Waals surface area contributed by atoms with Gasteiger partial charge in [0.1, 0.15) is 24.1 Å². The second-order valence-electron chi connectivity index (χ2n) is 12.6. The highest BCUT2D eigenvalue weighted by Crippen LogP contribution is 2.80. The van der Waals surface area contributed by atoms with Gasteiger partial charge in [0.15, 0.2) is 5.78 Å². The number of esters is 1. The van der Waals surface area contributed by atoms with Crippen LogP contribution in [-0.4, -0.2) is 47.6 Å². The van der Waals surface area contributed by atoms with Crippen LogP contribution < -0.4 is 0 Å². The number of rotatable bonds is 1. The fourth-order valence-corrected chi connectivity index (χ4v) is 9.85. The molecule has 4 heterocycles. The van der Waals surface area contributed by atoms with Gasteiger partial charge in [-0.05, 0) is 51.2 Å². The van der Waals surface area contributed by atoms with Crippen LogP contribution in [0, 0.1) is 28.1 Å². The SMILES string of the molecule is CC1(C)O[C@H]2CC(=O)OC[C@]23[C@H]2CC[C@@]4(C)[C@H](c5ccoc5)CC(=O)[C@H]5O[C@]54[C@]2(C)C(=O)C[C@@H]13. The molecule has 0 unspecified atom stereocenters. The molecule has 2 spiro atoms. The van der Waals surface area contributed by atoms with Crippen LogP contribution in [0.1, 0.15) is 71.3 Å². The predicted molar refractivity (Wildman–Crippen MR) is 118 cm³/mol. The molecule has 182 valence electrons. The van der Waals surface area contributed by atoms with Crippen molar-refractivity contribution in [1.82, 2.24) is 0 Å². The maximum absolute atomic E-state index is 14.3. The van der Waals surface area contributed by atoms with E-state index in [1.165, 1.54) is 0 Å². The van der Waals surface area contributed by atoms with Crippen LogP contribution in [0.4, 0.5) is 0 Å². The van der Waals surface area contributed by atoms with Gasteiger partial charge < -0.3 is 18.6 Å². The van der Waals surface area contributed by atoms with Gasteiger partial charge >= 0.3 is 5.97 Å². The van der Waals surface area contributed by atoms with Crippen molar-refractivity contribution in [1.29, 1.82) is 0 Å². The lowest BCUT2D eigenvalue weighted by Gasteiger charge is -2.65. The van der Waals surface area contributed by atoms with Crippen molar-refractivity contribution in [2.24, 2.45) is 28.1 Å². The lowest BCUT2D eigenvalue weighted by Crippen LogP contribution is -2.72. The average Bonchev–Trinajstić information content (AvgIpc) is 3.26. The zero-order valence-corrected chi connectivity index (χ0v) is 20.2. The Morgan fingerprint density at radius 3 is 2.50 bits per heavy atom. The molecule has 0 radical (unpaired) electrons. The molecule has 3 aliphatic heterocycles. The van der Waals surface area contributed by atoms with Gasteiger partial charge in [-0.1, -0.05) is 6.92 Å². The summed E-state index contributed by atoms with van der Waals surface area (Å²) in [6.07, 6.45) is 5.16. The number of Topliss-reactive ketones (excluding diaryl/α,β-unsaturated/α-hetero) is 2. The summed E-state index contributed by atoms with van der Waals surface area (Å²) in [5, 5.41) is 0. The molecule has 7 nitrogen and oxygen atoms in total. The molecule has 3 saturated heterocycles. The minimum Gasteiger partial charge on any atom is -0.472 e. The highest BCUT2D eigenvalue weighted by atomic mass is 16.6. The Bertz CT molecular complexity index is 1120. The number of ether oxygens (including phenoxy) is 3. The van der Waals surface area contributed by atoms with Crippen LogP contribution in [0.15, 0.2) is 23.0 Å². The first kappa shape index (κ1) is 21.3. The van der Waals surface area contributed by atoms with E-state index >= 15 is 0 Å². The minimum atomic E-state index is -0.856. The Balaban J connectivity index is 1.41. The van der Waals surface area contributed by atoms with Gasteiger partial charge in [-0.2, -0.15) is 0 Å². The number of fused-ring (bicyclic) bond motifs is 1. The third kappa shape index (κ3) is 2.05. The first-order chi connectivity index (χ1) is 16.0. The lowest BCUT2D eigenvalue weighted by atomic mass is 9.35. The molecule has 0 bridgehead atoms. The average molecular weight is 469 g/mol. The molecule has 7 heteroatoms. The number of carbonyl (C=O) groups excluding carboxylic acids is 3. The highest BCUT2D eigenvalue weighted by molar-refractivity contribution is 5.96. The summed E-state index contributed by atoms with van der Waals surface area (Å²) < 4.78 is 24.2. The fraction of sp³-hybridized carbons (Fsp3) is 0.741. The second-order valence-corrected chi connectivity index (χ2v) is 12.6. The zero-order valence-electron chi connectivity index (χ0n) is 20.2. The summed E-state index contributed by atoms with van der Waals surface area (Å²) in [4.78, 5) is 39.9. The summed E-state index contributed by atoms with van der Waals surface area (Å²) in [6, 6.07) is 1.94. The van der Waals surface area contributed by atoms with Crippen molar-refractivity contribution in [3.05, 3.63) is 24.2 Å². The Kier molecular flexibility index (Phi) is 3.78. The van der Waals surface area contributed by atoms with E-state index in [4.69, 9.17) is 18.6 Å². The van der Waals surface area contributed by atoms with Gasteiger partial charge in [0.2, 0.25) is 0 Å². The topological polar surface area (TPSA) is 95.3 Å². The number of hydrogen-bond donors (Lipinski definition) is 0. The third-order valence-corrected chi connectivity index (χ3v) is 11.3. The van der Waals surface area contributed by atoms with Crippen molar-refractivity contribution in [3.8, 4) is 0 Å². The highest BCUT2D eigenvalue weighted by Gasteiger charge is 2.88. The van der Waals surface area contributed by atoms with Crippen LogP contribution in [0.2, 0.25) is 0 Å². The molecule has 34 heavy (non-hydrogen) atoms. The summed E-state index contributed by atoms with van der Waals surface area (Å²) in [5.74, 6) is -0.179. The van der Waals surface area contributed by atoms with E-state index in [0.29, 0.717) is 12.8 Å². The van der Waals surface area contributed by atoms with E-state index in [2.05, 4.69) is 6.92 Å². The minimum absolute atomic E-state index is 0.0365. The van der Waals surface area contributed by atoms with E-state index in [-0.39, 0.29) is 59.8 Å². The molecule has 0 aromatic carbocycles. The first-order valence-electron chi connectivity index (χ1n) is 12.6. The molecule has 0 amide bonds. The van der Waals surface area contributed by atoms with Crippen molar-refractivity contribution in [2.45, 2.75) is 89.1 Å². The maximum Gasteiger partial charge on any atom is 0.308 e. The Hall–Kier alpha value is -1.99. The summed E-state index contributed by atoms with van der Waals surface area (Å²) >= 11 is 0. The Labute approximate surface area is 198 Å². The molecular weight excluding hydrogens is 436 g/mol. The number of ketones is 2. The van der Waals surface area contributed by atoms with Gasteiger partial charge in [-0.3, -0.25) is 14.4 Å². The molecule has 6 fully saturated rings. The number of hydrogen-bond acceptors (Lipinski definition) is 7. The molecule has 9 atom stereocenters. The van der Waals surface area contributed by atoms with Crippen molar-refractivity contribution in [2.75, 3.05) is 6.61 Å². The number of furan rings is 1. The molecule has 1 aromatic rings. The molecule has 3 aliphatic carbocycles. The molecular formula is C27H32O7. The maximum atomic E-state index is 14.3. The summed E-state index contributed by atoms with van der Waals surface area (Å²) in [6.45, 7) is 8.61. The predicted octanol–water partition coefficient (Wildman–Crippen LogP) is 3.60. The van der Waals surface area contributed by atoms with Crippen molar-refractivity contribution < 1.29 is 33.0 Å². The fourth-order valence-electron chi connectivity index (χ4n) is 9.85. The van der Waals surface area contributed by atoms with Gasteiger partial charge in [-0.25, -0.2) is 0 Å². The monoisotopic (exact) mass is 468 g/mol. The van der Waals surface area contributed by atoms with E-state index in [1.807, 2.05) is 26.8 Å². The van der Waals surface area contributed by atoms with Crippen molar-refractivity contribution >= 4 is 17.5 Å². The summed E-state index contributed by atoms with van der Waals surface area (Å²) in [5.41, 5.74) is -2.06. The van der Waals surface area contributed by atoms with Crippen molar-refractivity contribution in [3.63, 3.8) is 0 Å². The molecule has 7 rings (SSSR count). The largest absolute Gasteiger partial charge is 0.472 e. The normalized spacial score (nSPS) is 52.6. The van der Waals surface area contributed by atoms with E-state index in [0.717, 1.165) is 18.4 Å². The molecule has 3 saturated carbocycles. The summed E-state index contributed by atoms with van der Waals surface area (Å²) in [7, 11) is 0. The number of epoxide rings is 1. The number of cyclic esters (lactones) is 1. The van der Waals surface area contributed by atoms with Crippen LogP contribution >= 0.6 is 0 Å². The van der Waals surface area contributed by atoms with Crippen LogP contribution in [0.5, 0.6) is 0 Å². The number of carbonyl (C=O) groups is 3. The standard InChI is InChI=1S/C27H32O7/c1-23(2)18-10-19(29)25(4)17(26(18)13-32-21(30)11-20(26)33-23)5-7-24(3)15(14-6-8-31-12-14)9-16(28)22-27(24,25)34-22/h6,8,12,15,17-18,20,22H,5,7,9-11,13H2,1-4H3/t15-,17-,18-,20-,22+,24-,25-,26+,27+/m0/s1. The zero-order chi connectivity index (χ0) is 23.9. The first-order valence-corrected chi connectivity index (χ1v) is 12.6. The lowest BCUT2D eigenvalue weighted by molar-refractivity contribution is -0.211. The van der Waals surface area contributed by atoms with E-state index in [1.54, 1.807) is 12.5 Å².